The number of nitrogens with one attached hydrogen (secondary N) is 1. The Morgan fingerprint density at radius 3 is 2.78 bits per heavy atom. The van der Waals surface area contributed by atoms with Gasteiger partial charge in [0.05, 0.1) is 6.04 Å². The number of hydrogen-bond acceptors (Lipinski definition) is 3. The van der Waals surface area contributed by atoms with E-state index in [-0.39, 0.29) is 23.7 Å². The van der Waals surface area contributed by atoms with Crippen LogP contribution in [0.25, 0.3) is 0 Å². The van der Waals surface area contributed by atoms with Crippen molar-refractivity contribution in [3.63, 3.8) is 0 Å². The van der Waals surface area contributed by atoms with Gasteiger partial charge in [-0.3, -0.25) is 4.79 Å². The Kier molecular flexibility index (Phi) is 5.65. The third-order valence-electron chi connectivity index (χ3n) is 2.81. The molecule has 0 aliphatic heterocycles. The number of benzene rings is 1. The fourth-order valence-electron chi connectivity index (χ4n) is 1.78. The van der Waals surface area contributed by atoms with Gasteiger partial charge in [-0.25, -0.2) is 0 Å². The van der Waals surface area contributed by atoms with E-state index in [0.717, 1.165) is 18.4 Å². The molecule has 0 fully saturated rings. The van der Waals surface area contributed by atoms with E-state index in [1.807, 2.05) is 19.9 Å². The Hall–Kier alpha value is -1.55. The number of aromatic hydroxyl groups is 1. The number of carbonyl (C=O) groups excluding carboxylic acids is 1. The van der Waals surface area contributed by atoms with E-state index >= 15 is 0 Å². The van der Waals surface area contributed by atoms with Crippen molar-refractivity contribution in [2.24, 2.45) is 5.73 Å². The van der Waals surface area contributed by atoms with Gasteiger partial charge in [-0.15, -0.1) is 0 Å². The topological polar surface area (TPSA) is 75.4 Å². The second-order valence-electron chi connectivity index (χ2n) is 4.75. The molecular weight excluding hydrogens is 228 g/mol. The van der Waals surface area contributed by atoms with Crippen molar-refractivity contribution >= 4 is 5.91 Å². The third kappa shape index (κ3) is 5.19. The minimum Gasteiger partial charge on any atom is -0.508 e. The molecule has 0 aliphatic rings. The van der Waals surface area contributed by atoms with Crippen LogP contribution in [0.1, 0.15) is 44.7 Å². The van der Waals surface area contributed by atoms with Crippen LogP contribution in [0.3, 0.4) is 0 Å². The number of phenols is 1. The zero-order chi connectivity index (χ0) is 13.5. The molecule has 0 radical (unpaired) electrons. The Bertz CT molecular complexity index is 391. The molecule has 0 aromatic heterocycles. The molecule has 1 aromatic carbocycles. The first-order valence-electron chi connectivity index (χ1n) is 6.33. The van der Waals surface area contributed by atoms with E-state index < -0.39 is 0 Å². The molecule has 1 aromatic rings. The number of rotatable bonds is 6. The van der Waals surface area contributed by atoms with Gasteiger partial charge in [0.1, 0.15) is 5.75 Å². The van der Waals surface area contributed by atoms with Crippen LogP contribution in [0.5, 0.6) is 5.75 Å². The first kappa shape index (κ1) is 14.5. The SMILES string of the molecule is CC(N)CCCC(=O)NC(C)c1cccc(O)c1. The van der Waals surface area contributed by atoms with Crippen LogP contribution in [0.15, 0.2) is 24.3 Å². The van der Waals surface area contributed by atoms with Crippen molar-refractivity contribution in [1.29, 1.82) is 0 Å². The van der Waals surface area contributed by atoms with Crippen molar-refractivity contribution < 1.29 is 9.90 Å². The highest BCUT2D eigenvalue weighted by Gasteiger charge is 2.09. The third-order valence-corrected chi connectivity index (χ3v) is 2.81. The summed E-state index contributed by atoms with van der Waals surface area (Å²) in [6.07, 6.45) is 2.15. The molecule has 0 saturated heterocycles. The van der Waals surface area contributed by atoms with Crippen molar-refractivity contribution in [1.82, 2.24) is 5.32 Å². The zero-order valence-electron chi connectivity index (χ0n) is 11.0. The van der Waals surface area contributed by atoms with E-state index in [0.29, 0.717) is 6.42 Å². The van der Waals surface area contributed by atoms with Crippen LogP contribution >= 0.6 is 0 Å². The lowest BCUT2D eigenvalue weighted by Gasteiger charge is -2.14. The Morgan fingerprint density at radius 1 is 1.44 bits per heavy atom. The molecule has 0 saturated carbocycles. The van der Waals surface area contributed by atoms with Crippen molar-refractivity contribution in [2.75, 3.05) is 0 Å². The molecule has 0 spiro atoms. The second kappa shape index (κ2) is 7.01. The summed E-state index contributed by atoms with van der Waals surface area (Å²) in [5.74, 6) is 0.233. The second-order valence-corrected chi connectivity index (χ2v) is 4.75. The number of phenolic OH excluding ortho intramolecular Hbond substituents is 1. The minimum absolute atomic E-state index is 0.0199. The van der Waals surface area contributed by atoms with Crippen LogP contribution in [-0.2, 0) is 4.79 Å². The summed E-state index contributed by atoms with van der Waals surface area (Å²) in [6, 6.07) is 6.96. The number of hydrogen-bond donors (Lipinski definition) is 3. The molecule has 4 N–H and O–H groups in total. The highest BCUT2D eigenvalue weighted by atomic mass is 16.3. The van der Waals surface area contributed by atoms with Crippen LogP contribution in [0, 0.1) is 0 Å². The molecule has 2 atom stereocenters. The molecule has 1 rings (SSSR count). The zero-order valence-corrected chi connectivity index (χ0v) is 11.0. The fourth-order valence-corrected chi connectivity index (χ4v) is 1.78. The molecule has 4 heteroatoms. The van der Waals surface area contributed by atoms with Crippen molar-refractivity contribution in [3.8, 4) is 5.75 Å². The molecule has 2 unspecified atom stereocenters. The monoisotopic (exact) mass is 250 g/mol. The summed E-state index contributed by atoms with van der Waals surface area (Å²) in [5.41, 5.74) is 6.53. The lowest BCUT2D eigenvalue weighted by atomic mass is 10.1. The molecule has 0 aliphatic carbocycles. The van der Waals surface area contributed by atoms with Crippen LogP contribution in [0.4, 0.5) is 0 Å². The maximum absolute atomic E-state index is 11.7. The largest absolute Gasteiger partial charge is 0.508 e. The van der Waals surface area contributed by atoms with Crippen molar-refractivity contribution in [2.45, 2.75) is 45.2 Å². The molecule has 1 amide bonds. The molecule has 0 heterocycles. The first-order chi connectivity index (χ1) is 8.49. The number of carbonyl (C=O) groups is 1. The summed E-state index contributed by atoms with van der Waals surface area (Å²) in [4.78, 5) is 11.7. The predicted molar refractivity (Wildman–Crippen MR) is 72.2 cm³/mol. The summed E-state index contributed by atoms with van der Waals surface area (Å²) >= 11 is 0. The smallest absolute Gasteiger partial charge is 0.220 e. The molecule has 4 nitrogen and oxygen atoms in total. The molecular formula is C14H22N2O2. The predicted octanol–water partition coefficient (Wildman–Crippen LogP) is 2.09. The Balaban J connectivity index is 2.40. The lowest BCUT2D eigenvalue weighted by Crippen LogP contribution is -2.26. The molecule has 100 valence electrons. The Morgan fingerprint density at radius 2 is 2.17 bits per heavy atom. The average Bonchev–Trinajstić information content (AvgIpc) is 2.28. The number of amides is 1. The minimum atomic E-state index is -0.0973. The van der Waals surface area contributed by atoms with E-state index in [9.17, 15) is 9.90 Å². The van der Waals surface area contributed by atoms with Gasteiger partial charge in [0, 0.05) is 12.5 Å². The van der Waals surface area contributed by atoms with Crippen LogP contribution in [0.2, 0.25) is 0 Å². The van der Waals surface area contributed by atoms with E-state index in [2.05, 4.69) is 5.32 Å². The Labute approximate surface area is 108 Å². The standard InChI is InChI=1S/C14H22N2O2/c1-10(15)5-3-8-14(18)16-11(2)12-6-4-7-13(17)9-12/h4,6-7,9-11,17H,3,5,8,15H2,1-2H3,(H,16,18). The van der Waals surface area contributed by atoms with Gasteiger partial charge in [0.25, 0.3) is 0 Å². The van der Waals surface area contributed by atoms with Gasteiger partial charge in [0.15, 0.2) is 0 Å². The lowest BCUT2D eigenvalue weighted by molar-refractivity contribution is -0.121. The van der Waals surface area contributed by atoms with E-state index in [1.165, 1.54) is 0 Å². The molecule has 18 heavy (non-hydrogen) atoms. The van der Waals surface area contributed by atoms with Gasteiger partial charge in [-0.1, -0.05) is 12.1 Å². The van der Waals surface area contributed by atoms with E-state index in [1.54, 1.807) is 18.2 Å². The highest BCUT2D eigenvalue weighted by molar-refractivity contribution is 5.76. The summed E-state index contributed by atoms with van der Waals surface area (Å²) in [6.45, 7) is 3.84. The summed E-state index contributed by atoms with van der Waals surface area (Å²) < 4.78 is 0. The van der Waals surface area contributed by atoms with Crippen LogP contribution in [-0.4, -0.2) is 17.1 Å². The first-order valence-corrected chi connectivity index (χ1v) is 6.33. The highest BCUT2D eigenvalue weighted by Crippen LogP contribution is 2.17. The average molecular weight is 250 g/mol. The maximum Gasteiger partial charge on any atom is 0.220 e. The van der Waals surface area contributed by atoms with Gasteiger partial charge in [0.2, 0.25) is 5.91 Å². The maximum atomic E-state index is 11.7. The van der Waals surface area contributed by atoms with Gasteiger partial charge in [-0.2, -0.15) is 0 Å². The summed E-state index contributed by atoms with van der Waals surface area (Å²) in [5, 5.41) is 12.3. The quantitative estimate of drug-likeness (QED) is 0.723. The van der Waals surface area contributed by atoms with Crippen LogP contribution < -0.4 is 11.1 Å². The van der Waals surface area contributed by atoms with Gasteiger partial charge in [-0.05, 0) is 44.4 Å². The van der Waals surface area contributed by atoms with E-state index in [4.69, 9.17) is 5.73 Å². The van der Waals surface area contributed by atoms with Crippen molar-refractivity contribution in [3.05, 3.63) is 29.8 Å². The molecule has 0 bridgehead atoms. The normalized spacial score (nSPS) is 13.9. The number of nitrogens with two attached hydrogens (primary N) is 1. The summed E-state index contributed by atoms with van der Waals surface area (Å²) in [7, 11) is 0. The fraction of sp³-hybridized carbons (Fsp3) is 0.500. The van der Waals surface area contributed by atoms with Gasteiger partial charge < -0.3 is 16.2 Å². The van der Waals surface area contributed by atoms with Gasteiger partial charge >= 0.3 is 0 Å².